The van der Waals surface area contributed by atoms with Gasteiger partial charge in [0.2, 0.25) is 0 Å². The normalized spacial score (nSPS) is 19.2. The van der Waals surface area contributed by atoms with Crippen LogP contribution in [0.25, 0.3) is 11.3 Å². The summed E-state index contributed by atoms with van der Waals surface area (Å²) in [6, 6.07) is 9.84. The van der Waals surface area contributed by atoms with Crippen LogP contribution in [-0.4, -0.2) is 34.7 Å². The third-order valence-electron chi connectivity index (χ3n) is 5.77. The van der Waals surface area contributed by atoms with E-state index in [4.69, 9.17) is 4.42 Å². The highest BCUT2D eigenvalue weighted by Gasteiger charge is 2.32. The second-order valence-electron chi connectivity index (χ2n) is 8.42. The van der Waals surface area contributed by atoms with Gasteiger partial charge in [-0.1, -0.05) is 0 Å². The molecule has 0 radical (unpaired) electrons. The summed E-state index contributed by atoms with van der Waals surface area (Å²) in [4.78, 5) is 18.7. The molecule has 0 bridgehead atoms. The number of rotatable bonds is 4. The number of anilines is 2. The van der Waals surface area contributed by atoms with Crippen LogP contribution in [0.1, 0.15) is 42.3 Å². The molecule has 1 saturated heterocycles. The van der Waals surface area contributed by atoms with E-state index in [0.717, 1.165) is 17.7 Å². The Morgan fingerprint density at radius 3 is 2.61 bits per heavy atom. The highest BCUT2D eigenvalue weighted by atomic mass is 19.4. The number of carbonyl (C=O) groups is 1. The predicted octanol–water partition coefficient (Wildman–Crippen LogP) is 5.35. The first-order chi connectivity index (χ1) is 15.6. The van der Waals surface area contributed by atoms with Gasteiger partial charge >= 0.3 is 6.18 Å². The van der Waals surface area contributed by atoms with E-state index in [0.29, 0.717) is 43.8 Å². The Hall–Kier alpha value is -3.33. The largest absolute Gasteiger partial charge is 0.451 e. The second-order valence-corrected chi connectivity index (χ2v) is 8.42. The second kappa shape index (κ2) is 8.90. The molecule has 33 heavy (non-hydrogen) atoms. The van der Waals surface area contributed by atoms with Gasteiger partial charge in [0.1, 0.15) is 5.76 Å². The SMILES string of the molecule is CC1(O)CCCN(c2ccc(C(F)(F)F)cc2NC(=O)c2ccc(-c3ccncc3)o2)CC1. The highest BCUT2D eigenvalue weighted by Crippen LogP contribution is 2.37. The lowest BCUT2D eigenvalue weighted by Gasteiger charge is -2.27. The summed E-state index contributed by atoms with van der Waals surface area (Å²) in [7, 11) is 0. The summed E-state index contributed by atoms with van der Waals surface area (Å²) in [5, 5.41) is 13.0. The van der Waals surface area contributed by atoms with Crippen molar-refractivity contribution < 1.29 is 27.5 Å². The zero-order valence-corrected chi connectivity index (χ0v) is 18.0. The molecule has 2 aromatic heterocycles. The van der Waals surface area contributed by atoms with Gasteiger partial charge < -0.3 is 19.7 Å². The number of pyridine rings is 1. The zero-order valence-electron chi connectivity index (χ0n) is 18.0. The lowest BCUT2D eigenvalue weighted by atomic mass is 9.98. The monoisotopic (exact) mass is 459 g/mol. The van der Waals surface area contributed by atoms with E-state index in [1.54, 1.807) is 37.5 Å². The molecular weight excluding hydrogens is 435 g/mol. The quantitative estimate of drug-likeness (QED) is 0.550. The van der Waals surface area contributed by atoms with Crippen LogP contribution >= 0.6 is 0 Å². The number of halogens is 3. The molecule has 1 aromatic carbocycles. The third-order valence-corrected chi connectivity index (χ3v) is 5.77. The molecule has 1 fully saturated rings. The van der Waals surface area contributed by atoms with Gasteiger partial charge in [-0.25, -0.2) is 0 Å². The van der Waals surface area contributed by atoms with Crippen molar-refractivity contribution in [3.63, 3.8) is 0 Å². The van der Waals surface area contributed by atoms with Crippen LogP contribution < -0.4 is 10.2 Å². The van der Waals surface area contributed by atoms with Crippen LogP contribution in [-0.2, 0) is 6.18 Å². The number of aliphatic hydroxyl groups is 1. The third kappa shape index (κ3) is 5.36. The fraction of sp³-hybridized carbons (Fsp3) is 0.333. The lowest BCUT2D eigenvalue weighted by Crippen LogP contribution is -2.29. The fourth-order valence-corrected chi connectivity index (χ4v) is 3.91. The number of furan rings is 1. The Kier molecular flexibility index (Phi) is 6.16. The van der Waals surface area contributed by atoms with Gasteiger partial charge in [-0.15, -0.1) is 0 Å². The standard InChI is InChI=1S/C24H24F3N3O3/c1-23(32)9-2-13-30(14-10-23)19-4-3-17(24(25,26)27)15-18(19)29-22(31)21-6-5-20(33-21)16-7-11-28-12-8-16/h3-8,11-12,15,32H,2,9-10,13-14H2,1H3,(H,29,31). The van der Waals surface area contributed by atoms with Crippen LogP contribution in [0.15, 0.2) is 59.3 Å². The van der Waals surface area contributed by atoms with Crippen LogP contribution in [0.4, 0.5) is 24.5 Å². The number of hydrogen-bond donors (Lipinski definition) is 2. The van der Waals surface area contributed by atoms with Crippen molar-refractivity contribution in [3.05, 3.63) is 66.2 Å². The lowest BCUT2D eigenvalue weighted by molar-refractivity contribution is -0.137. The van der Waals surface area contributed by atoms with Gasteiger partial charge in [0.05, 0.1) is 22.5 Å². The maximum Gasteiger partial charge on any atom is 0.416 e. The van der Waals surface area contributed by atoms with Crippen LogP contribution in [0.3, 0.4) is 0 Å². The van der Waals surface area contributed by atoms with Gasteiger partial charge in [-0.3, -0.25) is 9.78 Å². The molecule has 1 aliphatic rings. The Balaban J connectivity index is 1.62. The van der Waals surface area contributed by atoms with Gasteiger partial charge in [-0.2, -0.15) is 13.2 Å². The minimum absolute atomic E-state index is 0.0241. The summed E-state index contributed by atoms with van der Waals surface area (Å²) < 4.78 is 45.8. The molecule has 4 rings (SSSR count). The van der Waals surface area contributed by atoms with Crippen molar-refractivity contribution in [2.45, 2.75) is 38.0 Å². The number of nitrogens with zero attached hydrogens (tertiary/aromatic N) is 2. The van der Waals surface area contributed by atoms with Crippen LogP contribution in [0, 0.1) is 0 Å². The first kappa shape index (κ1) is 22.8. The van der Waals surface area contributed by atoms with Crippen molar-refractivity contribution in [1.29, 1.82) is 0 Å². The first-order valence-electron chi connectivity index (χ1n) is 10.6. The first-order valence-corrected chi connectivity index (χ1v) is 10.6. The topological polar surface area (TPSA) is 78.6 Å². The van der Waals surface area contributed by atoms with Crippen molar-refractivity contribution >= 4 is 17.3 Å². The van der Waals surface area contributed by atoms with Crippen LogP contribution in [0.5, 0.6) is 0 Å². The molecular formula is C24H24F3N3O3. The van der Waals surface area contributed by atoms with E-state index in [2.05, 4.69) is 10.3 Å². The van der Waals surface area contributed by atoms with Crippen molar-refractivity contribution in [3.8, 4) is 11.3 Å². The summed E-state index contributed by atoms with van der Waals surface area (Å²) in [6.45, 7) is 2.76. The molecule has 6 nitrogen and oxygen atoms in total. The average Bonchev–Trinajstić information content (AvgIpc) is 3.19. The number of benzene rings is 1. The zero-order chi connectivity index (χ0) is 23.6. The molecule has 0 spiro atoms. The molecule has 1 aliphatic heterocycles. The molecule has 1 atom stereocenters. The summed E-state index contributed by atoms with van der Waals surface area (Å²) in [5.41, 5.74) is -0.462. The smallest absolute Gasteiger partial charge is 0.416 e. The molecule has 1 amide bonds. The number of amides is 1. The Morgan fingerprint density at radius 2 is 1.88 bits per heavy atom. The van der Waals surface area contributed by atoms with E-state index in [1.807, 2.05) is 4.90 Å². The highest BCUT2D eigenvalue weighted by molar-refractivity contribution is 6.04. The summed E-state index contributed by atoms with van der Waals surface area (Å²) >= 11 is 0. The maximum atomic E-state index is 13.4. The molecule has 0 aliphatic carbocycles. The molecule has 9 heteroatoms. The molecule has 3 aromatic rings. The van der Waals surface area contributed by atoms with Gasteiger partial charge in [-0.05, 0) is 68.7 Å². The van der Waals surface area contributed by atoms with E-state index in [9.17, 15) is 23.1 Å². The molecule has 1 unspecified atom stereocenters. The Bertz CT molecular complexity index is 1130. The maximum absolute atomic E-state index is 13.4. The predicted molar refractivity (Wildman–Crippen MR) is 118 cm³/mol. The van der Waals surface area contributed by atoms with Gasteiger partial charge in [0.15, 0.2) is 5.76 Å². The van der Waals surface area contributed by atoms with Crippen molar-refractivity contribution in [1.82, 2.24) is 4.98 Å². The van der Waals surface area contributed by atoms with E-state index in [-0.39, 0.29) is 11.4 Å². The molecule has 3 heterocycles. The average molecular weight is 459 g/mol. The number of nitrogens with one attached hydrogen (secondary N) is 1. The van der Waals surface area contributed by atoms with E-state index < -0.39 is 23.2 Å². The minimum atomic E-state index is -4.56. The molecule has 2 N–H and O–H groups in total. The minimum Gasteiger partial charge on any atom is -0.451 e. The Labute approximate surface area is 189 Å². The van der Waals surface area contributed by atoms with Crippen molar-refractivity contribution in [2.75, 3.05) is 23.3 Å². The van der Waals surface area contributed by atoms with Gasteiger partial charge in [0.25, 0.3) is 5.91 Å². The fourth-order valence-electron chi connectivity index (χ4n) is 3.91. The number of hydrogen-bond acceptors (Lipinski definition) is 5. The number of carbonyl (C=O) groups excluding carboxylic acids is 1. The molecule has 174 valence electrons. The number of aromatic nitrogens is 1. The van der Waals surface area contributed by atoms with E-state index in [1.165, 1.54) is 12.1 Å². The summed E-state index contributed by atoms with van der Waals surface area (Å²) in [6.07, 6.45) is 0.357. The Morgan fingerprint density at radius 1 is 1.12 bits per heavy atom. The van der Waals surface area contributed by atoms with Crippen LogP contribution in [0.2, 0.25) is 0 Å². The molecule has 0 saturated carbocycles. The van der Waals surface area contributed by atoms with Gasteiger partial charge in [0, 0.05) is 31.0 Å². The summed E-state index contributed by atoms with van der Waals surface area (Å²) in [5.74, 6) is -0.233. The van der Waals surface area contributed by atoms with E-state index >= 15 is 0 Å². The number of alkyl halides is 3. The van der Waals surface area contributed by atoms with Crippen molar-refractivity contribution in [2.24, 2.45) is 0 Å².